The molecule has 1 aromatic heterocycles. The van der Waals surface area contributed by atoms with Crippen LogP contribution in [0.25, 0.3) is 11.0 Å². The summed E-state index contributed by atoms with van der Waals surface area (Å²) in [6.07, 6.45) is 1.61. The fourth-order valence-electron chi connectivity index (χ4n) is 3.55. The maximum absolute atomic E-state index is 13.9. The number of aromatic nitrogens is 2. The quantitative estimate of drug-likeness (QED) is 0.668. The van der Waals surface area contributed by atoms with Gasteiger partial charge in [-0.25, -0.2) is 14.2 Å². The van der Waals surface area contributed by atoms with Gasteiger partial charge >= 0.3 is 6.03 Å². The summed E-state index contributed by atoms with van der Waals surface area (Å²) in [5, 5.41) is 2.98. The molecule has 2 amide bonds. The molecule has 6 nitrogen and oxygen atoms in total. The van der Waals surface area contributed by atoms with Gasteiger partial charge in [-0.2, -0.15) is 0 Å². The number of H-pyrrole nitrogens is 1. The van der Waals surface area contributed by atoms with E-state index in [4.69, 9.17) is 0 Å². The fourth-order valence-corrected chi connectivity index (χ4v) is 3.55. The highest BCUT2D eigenvalue weighted by atomic mass is 19.1. The summed E-state index contributed by atoms with van der Waals surface area (Å²) < 4.78 is 13.9. The molecule has 0 bridgehead atoms. The van der Waals surface area contributed by atoms with Crippen molar-refractivity contribution in [2.24, 2.45) is 0 Å². The van der Waals surface area contributed by atoms with E-state index in [1.165, 1.54) is 6.07 Å². The third-order valence-corrected chi connectivity index (χ3v) is 5.07. The predicted molar refractivity (Wildman–Crippen MR) is 108 cm³/mol. The van der Waals surface area contributed by atoms with E-state index in [9.17, 15) is 9.18 Å². The molecule has 0 atom stereocenters. The normalized spacial score (nSPS) is 14.5. The van der Waals surface area contributed by atoms with Crippen LogP contribution in [0.2, 0.25) is 0 Å². The standard InChI is InChI=1S/C21H24FN5O/c22-16-6-1-4-9-19(16)26-12-14-27(15-13-26)21(28)23-11-5-10-20-24-17-7-2-3-8-18(17)25-20/h1-4,6-9H,5,10-15H2,(H,23,28)(H,24,25). The summed E-state index contributed by atoms with van der Waals surface area (Å²) in [4.78, 5) is 24.0. The molecule has 2 heterocycles. The second kappa shape index (κ2) is 8.29. The van der Waals surface area contributed by atoms with Crippen LogP contribution in [-0.2, 0) is 6.42 Å². The van der Waals surface area contributed by atoms with Crippen LogP contribution in [0, 0.1) is 5.82 Å². The Balaban J connectivity index is 1.20. The average molecular weight is 381 g/mol. The molecular weight excluding hydrogens is 357 g/mol. The summed E-state index contributed by atoms with van der Waals surface area (Å²) in [6, 6.07) is 14.7. The van der Waals surface area contributed by atoms with Crippen LogP contribution in [0.1, 0.15) is 12.2 Å². The SMILES string of the molecule is O=C(NCCCc1nc2ccccc2[nH]1)N1CCN(c2ccccc2F)CC1. The highest BCUT2D eigenvalue weighted by Crippen LogP contribution is 2.20. The number of hydrogen-bond donors (Lipinski definition) is 2. The number of piperazine rings is 1. The van der Waals surface area contributed by atoms with E-state index >= 15 is 0 Å². The van der Waals surface area contributed by atoms with Crippen LogP contribution in [0.3, 0.4) is 0 Å². The molecule has 3 aromatic rings. The summed E-state index contributed by atoms with van der Waals surface area (Å²) in [7, 11) is 0. The van der Waals surface area contributed by atoms with Crippen LogP contribution in [0.15, 0.2) is 48.5 Å². The van der Waals surface area contributed by atoms with Crippen molar-refractivity contribution in [1.82, 2.24) is 20.2 Å². The Bertz CT molecular complexity index is 916. The number of nitrogens with one attached hydrogen (secondary N) is 2. The van der Waals surface area contributed by atoms with Crippen LogP contribution in [0.5, 0.6) is 0 Å². The first-order valence-corrected chi connectivity index (χ1v) is 9.66. The van der Waals surface area contributed by atoms with Gasteiger partial charge in [0.05, 0.1) is 16.7 Å². The average Bonchev–Trinajstić information content (AvgIpc) is 3.14. The number of carbonyl (C=O) groups is 1. The number of carbonyl (C=O) groups excluding carboxylic acids is 1. The fraction of sp³-hybridized carbons (Fsp3) is 0.333. The Labute approximate surface area is 163 Å². The number of urea groups is 1. The molecule has 2 N–H and O–H groups in total. The molecule has 1 aliphatic rings. The summed E-state index contributed by atoms with van der Waals surface area (Å²) >= 11 is 0. The van der Waals surface area contributed by atoms with Gasteiger partial charge in [-0.3, -0.25) is 0 Å². The van der Waals surface area contributed by atoms with Gasteiger partial charge in [-0.05, 0) is 30.7 Å². The third-order valence-electron chi connectivity index (χ3n) is 5.07. The Morgan fingerprint density at radius 1 is 1.07 bits per heavy atom. The Morgan fingerprint density at radius 2 is 1.82 bits per heavy atom. The van der Waals surface area contributed by atoms with Crippen molar-refractivity contribution < 1.29 is 9.18 Å². The number of halogens is 1. The number of para-hydroxylation sites is 3. The molecule has 1 saturated heterocycles. The number of rotatable bonds is 5. The molecule has 1 aliphatic heterocycles. The monoisotopic (exact) mass is 381 g/mol. The van der Waals surface area contributed by atoms with Crippen LogP contribution < -0.4 is 10.2 Å². The molecule has 7 heteroatoms. The predicted octanol–water partition coefficient (Wildman–Crippen LogP) is 3.17. The first-order valence-electron chi connectivity index (χ1n) is 9.66. The molecule has 0 aliphatic carbocycles. The smallest absolute Gasteiger partial charge is 0.317 e. The lowest BCUT2D eigenvalue weighted by Crippen LogP contribution is -2.52. The van der Waals surface area contributed by atoms with Crippen molar-refractivity contribution in [2.45, 2.75) is 12.8 Å². The van der Waals surface area contributed by atoms with Gasteiger partial charge < -0.3 is 20.1 Å². The zero-order chi connectivity index (χ0) is 19.3. The zero-order valence-corrected chi connectivity index (χ0v) is 15.7. The van der Waals surface area contributed by atoms with E-state index in [-0.39, 0.29) is 11.8 Å². The largest absolute Gasteiger partial charge is 0.366 e. The van der Waals surface area contributed by atoms with E-state index in [2.05, 4.69) is 15.3 Å². The van der Waals surface area contributed by atoms with Crippen LogP contribution >= 0.6 is 0 Å². The van der Waals surface area contributed by atoms with Gasteiger partial charge in [0.2, 0.25) is 0 Å². The molecule has 2 aromatic carbocycles. The number of amides is 2. The molecule has 28 heavy (non-hydrogen) atoms. The highest BCUT2D eigenvalue weighted by Gasteiger charge is 2.22. The number of aromatic amines is 1. The number of aryl methyl sites for hydroxylation is 1. The van der Waals surface area contributed by atoms with E-state index in [0.717, 1.165) is 29.7 Å². The van der Waals surface area contributed by atoms with E-state index in [0.29, 0.717) is 38.4 Å². The number of fused-ring (bicyclic) bond motifs is 1. The van der Waals surface area contributed by atoms with E-state index in [1.807, 2.05) is 35.2 Å². The minimum atomic E-state index is -0.217. The first-order chi connectivity index (χ1) is 13.7. The lowest BCUT2D eigenvalue weighted by molar-refractivity contribution is 0.194. The number of benzene rings is 2. The minimum Gasteiger partial charge on any atom is -0.366 e. The second-order valence-corrected chi connectivity index (χ2v) is 6.96. The molecule has 0 saturated carbocycles. The molecule has 0 unspecified atom stereocenters. The van der Waals surface area contributed by atoms with Gasteiger partial charge in [0.1, 0.15) is 11.6 Å². The minimum absolute atomic E-state index is 0.0576. The lowest BCUT2D eigenvalue weighted by Gasteiger charge is -2.36. The van der Waals surface area contributed by atoms with Crippen LogP contribution in [-0.4, -0.2) is 53.6 Å². The van der Waals surface area contributed by atoms with Gasteiger partial charge in [0, 0.05) is 39.1 Å². The summed E-state index contributed by atoms with van der Waals surface area (Å²) in [6.45, 7) is 3.04. The number of imidazole rings is 1. The topological polar surface area (TPSA) is 64.3 Å². The third kappa shape index (κ3) is 4.08. The zero-order valence-electron chi connectivity index (χ0n) is 15.7. The molecular formula is C21H24FN5O. The van der Waals surface area contributed by atoms with Crippen molar-refractivity contribution in [1.29, 1.82) is 0 Å². The van der Waals surface area contributed by atoms with Crippen molar-refractivity contribution >= 4 is 22.8 Å². The van der Waals surface area contributed by atoms with E-state index < -0.39 is 0 Å². The van der Waals surface area contributed by atoms with E-state index in [1.54, 1.807) is 17.0 Å². The van der Waals surface area contributed by atoms with Gasteiger partial charge in [-0.15, -0.1) is 0 Å². The molecule has 146 valence electrons. The maximum atomic E-state index is 13.9. The van der Waals surface area contributed by atoms with Gasteiger partial charge in [0.25, 0.3) is 0 Å². The summed E-state index contributed by atoms with van der Waals surface area (Å²) in [5.41, 5.74) is 2.61. The highest BCUT2D eigenvalue weighted by molar-refractivity contribution is 5.75. The first kappa shape index (κ1) is 18.3. The number of anilines is 1. The summed E-state index contributed by atoms with van der Waals surface area (Å²) in [5.74, 6) is 0.722. The molecule has 1 fully saturated rings. The maximum Gasteiger partial charge on any atom is 0.317 e. The Hall–Kier alpha value is -3.09. The molecule has 0 radical (unpaired) electrons. The molecule has 4 rings (SSSR count). The Morgan fingerprint density at radius 3 is 2.61 bits per heavy atom. The van der Waals surface area contributed by atoms with Crippen molar-refractivity contribution in [2.75, 3.05) is 37.6 Å². The second-order valence-electron chi connectivity index (χ2n) is 6.96. The van der Waals surface area contributed by atoms with Crippen molar-refractivity contribution in [3.05, 3.63) is 60.2 Å². The van der Waals surface area contributed by atoms with Gasteiger partial charge in [0.15, 0.2) is 0 Å². The van der Waals surface area contributed by atoms with Crippen LogP contribution in [0.4, 0.5) is 14.9 Å². The lowest BCUT2D eigenvalue weighted by atomic mass is 10.2. The van der Waals surface area contributed by atoms with Crippen molar-refractivity contribution in [3.63, 3.8) is 0 Å². The van der Waals surface area contributed by atoms with Crippen molar-refractivity contribution in [3.8, 4) is 0 Å². The molecule has 0 spiro atoms. The number of hydrogen-bond acceptors (Lipinski definition) is 3. The van der Waals surface area contributed by atoms with Gasteiger partial charge in [-0.1, -0.05) is 24.3 Å². The number of nitrogens with zero attached hydrogens (tertiary/aromatic N) is 3. The Kier molecular flexibility index (Phi) is 5.41.